The van der Waals surface area contributed by atoms with Crippen molar-refractivity contribution in [3.8, 4) is 0 Å². The van der Waals surface area contributed by atoms with Gasteiger partial charge in [0.15, 0.2) is 0 Å². The van der Waals surface area contributed by atoms with Crippen molar-refractivity contribution in [2.45, 2.75) is 25.9 Å². The van der Waals surface area contributed by atoms with E-state index >= 15 is 0 Å². The molecule has 1 N–H and O–H groups in total. The number of rotatable bonds is 3. The molecule has 1 aromatic rings. The van der Waals surface area contributed by atoms with E-state index in [0.29, 0.717) is 18.5 Å². The summed E-state index contributed by atoms with van der Waals surface area (Å²) in [5, 5.41) is 9.20. The van der Waals surface area contributed by atoms with Gasteiger partial charge in [0.1, 0.15) is 6.61 Å². The minimum absolute atomic E-state index is 0.0969. The van der Waals surface area contributed by atoms with Crippen LogP contribution in [0.4, 0.5) is 4.79 Å². The van der Waals surface area contributed by atoms with Crippen LogP contribution in [0.15, 0.2) is 30.9 Å². The molecule has 0 saturated carbocycles. The molecule has 0 spiro atoms. The molecular weight excluding hydrogens is 258 g/mol. The van der Waals surface area contributed by atoms with Crippen LogP contribution in [-0.4, -0.2) is 34.7 Å². The predicted molar refractivity (Wildman–Crippen MR) is 73.7 cm³/mol. The highest BCUT2D eigenvalue weighted by atomic mass is 16.6. The first-order chi connectivity index (χ1) is 9.54. The summed E-state index contributed by atoms with van der Waals surface area (Å²) >= 11 is 0. The van der Waals surface area contributed by atoms with Crippen LogP contribution in [0.3, 0.4) is 0 Å². The summed E-state index contributed by atoms with van der Waals surface area (Å²) in [5.74, 6) is -0.934. The van der Waals surface area contributed by atoms with Crippen molar-refractivity contribution in [2.24, 2.45) is 0 Å². The first-order valence-corrected chi connectivity index (χ1v) is 6.43. The molecule has 20 heavy (non-hydrogen) atoms. The van der Waals surface area contributed by atoms with Crippen molar-refractivity contribution in [2.75, 3.05) is 6.61 Å². The number of hydrogen-bond donors (Lipinski definition) is 1. The largest absolute Gasteiger partial charge is 0.478 e. The minimum atomic E-state index is -0.934. The topological polar surface area (TPSA) is 66.8 Å². The third-order valence-electron chi connectivity index (χ3n) is 3.43. The van der Waals surface area contributed by atoms with Crippen LogP contribution in [0.5, 0.6) is 0 Å². The second kappa shape index (κ2) is 5.77. The van der Waals surface area contributed by atoms with Crippen molar-refractivity contribution in [1.82, 2.24) is 4.90 Å². The van der Waals surface area contributed by atoms with Crippen molar-refractivity contribution >= 4 is 12.1 Å². The van der Waals surface area contributed by atoms with Crippen LogP contribution in [0, 0.1) is 0 Å². The number of ether oxygens (including phenoxy) is 1. The second-order valence-electron chi connectivity index (χ2n) is 4.80. The Morgan fingerprint density at radius 2 is 2.30 bits per heavy atom. The van der Waals surface area contributed by atoms with Crippen molar-refractivity contribution in [3.63, 3.8) is 0 Å². The van der Waals surface area contributed by atoms with E-state index in [0.717, 1.165) is 11.1 Å². The van der Waals surface area contributed by atoms with E-state index in [9.17, 15) is 14.7 Å². The summed E-state index contributed by atoms with van der Waals surface area (Å²) in [7, 11) is 0. The number of benzene rings is 1. The summed E-state index contributed by atoms with van der Waals surface area (Å²) in [5.41, 5.74) is 1.98. The standard InChI is InChI=1S/C15H17NO4/c1-3-7-20-15(19)16-9-11-5-4-6-12(14(17)18)13(11)8-10(16)2/h3-6,10H,1,7-9H2,2H3,(H,17,18). The first-order valence-electron chi connectivity index (χ1n) is 6.43. The van der Waals surface area contributed by atoms with Gasteiger partial charge in [-0.15, -0.1) is 0 Å². The molecule has 0 radical (unpaired) electrons. The Kier molecular flexibility index (Phi) is 4.08. The van der Waals surface area contributed by atoms with Gasteiger partial charge in [-0.25, -0.2) is 9.59 Å². The third-order valence-corrected chi connectivity index (χ3v) is 3.43. The molecule has 5 nitrogen and oxygen atoms in total. The molecule has 1 unspecified atom stereocenters. The Morgan fingerprint density at radius 3 is 2.95 bits per heavy atom. The highest BCUT2D eigenvalue weighted by Crippen LogP contribution is 2.26. The minimum Gasteiger partial charge on any atom is -0.478 e. The number of hydrogen-bond acceptors (Lipinski definition) is 3. The van der Waals surface area contributed by atoms with E-state index in [1.54, 1.807) is 17.0 Å². The predicted octanol–water partition coefficient (Wildman–Crippen LogP) is 2.45. The van der Waals surface area contributed by atoms with Gasteiger partial charge in [0.05, 0.1) is 5.56 Å². The summed E-state index contributed by atoms with van der Waals surface area (Å²) in [6, 6.07) is 5.05. The molecule has 1 aliphatic heterocycles. The molecule has 0 aliphatic carbocycles. The number of nitrogens with zero attached hydrogens (tertiary/aromatic N) is 1. The Bertz CT molecular complexity index is 553. The quantitative estimate of drug-likeness (QED) is 0.860. The number of aromatic carboxylic acids is 1. The van der Waals surface area contributed by atoms with Crippen LogP contribution < -0.4 is 0 Å². The van der Waals surface area contributed by atoms with Gasteiger partial charge in [-0.05, 0) is 30.5 Å². The Balaban J connectivity index is 2.26. The van der Waals surface area contributed by atoms with Crippen LogP contribution in [0.25, 0.3) is 0 Å². The number of carboxylic acids is 1. The fraction of sp³-hybridized carbons (Fsp3) is 0.333. The van der Waals surface area contributed by atoms with Gasteiger partial charge in [-0.1, -0.05) is 24.8 Å². The molecule has 2 rings (SSSR count). The smallest absolute Gasteiger partial charge is 0.410 e. The van der Waals surface area contributed by atoms with Gasteiger partial charge in [0, 0.05) is 12.6 Å². The number of fused-ring (bicyclic) bond motifs is 1. The van der Waals surface area contributed by atoms with E-state index in [2.05, 4.69) is 6.58 Å². The van der Waals surface area contributed by atoms with E-state index in [4.69, 9.17) is 4.74 Å². The van der Waals surface area contributed by atoms with Crippen molar-refractivity contribution in [3.05, 3.63) is 47.5 Å². The average molecular weight is 275 g/mol. The molecule has 1 aromatic carbocycles. The van der Waals surface area contributed by atoms with E-state index < -0.39 is 12.1 Å². The van der Waals surface area contributed by atoms with E-state index in [1.165, 1.54) is 6.08 Å². The lowest BCUT2D eigenvalue weighted by Gasteiger charge is -2.34. The fourth-order valence-electron chi connectivity index (χ4n) is 2.43. The molecule has 1 atom stereocenters. The van der Waals surface area contributed by atoms with Crippen LogP contribution in [0.1, 0.15) is 28.4 Å². The van der Waals surface area contributed by atoms with Gasteiger partial charge < -0.3 is 14.7 Å². The third kappa shape index (κ3) is 2.66. The number of carbonyl (C=O) groups is 2. The van der Waals surface area contributed by atoms with Gasteiger partial charge in [-0.3, -0.25) is 0 Å². The maximum absolute atomic E-state index is 11.9. The highest BCUT2D eigenvalue weighted by molar-refractivity contribution is 5.90. The van der Waals surface area contributed by atoms with Crippen LogP contribution in [-0.2, 0) is 17.7 Å². The maximum Gasteiger partial charge on any atom is 0.410 e. The van der Waals surface area contributed by atoms with Crippen LogP contribution in [0.2, 0.25) is 0 Å². The molecule has 0 saturated heterocycles. The second-order valence-corrected chi connectivity index (χ2v) is 4.80. The lowest BCUT2D eigenvalue weighted by molar-refractivity contribution is 0.0693. The molecule has 0 aromatic heterocycles. The van der Waals surface area contributed by atoms with Gasteiger partial charge in [0.25, 0.3) is 0 Å². The molecule has 1 amide bonds. The number of carbonyl (C=O) groups excluding carboxylic acids is 1. The Labute approximate surface area is 117 Å². The lowest BCUT2D eigenvalue weighted by Crippen LogP contribution is -2.43. The van der Waals surface area contributed by atoms with Gasteiger partial charge in [-0.2, -0.15) is 0 Å². The summed E-state index contributed by atoms with van der Waals surface area (Å²) in [6.45, 7) is 5.93. The van der Waals surface area contributed by atoms with Crippen molar-refractivity contribution < 1.29 is 19.4 Å². The van der Waals surface area contributed by atoms with Gasteiger partial charge >= 0.3 is 12.1 Å². The monoisotopic (exact) mass is 275 g/mol. The summed E-state index contributed by atoms with van der Waals surface area (Å²) in [4.78, 5) is 24.8. The molecule has 106 valence electrons. The summed E-state index contributed by atoms with van der Waals surface area (Å²) in [6.07, 6.45) is 1.63. The fourth-order valence-corrected chi connectivity index (χ4v) is 2.43. The molecule has 0 bridgehead atoms. The Hall–Kier alpha value is -2.30. The first kappa shape index (κ1) is 14.1. The summed E-state index contributed by atoms with van der Waals surface area (Å²) < 4.78 is 5.05. The highest BCUT2D eigenvalue weighted by Gasteiger charge is 2.30. The zero-order valence-corrected chi connectivity index (χ0v) is 11.3. The zero-order chi connectivity index (χ0) is 14.7. The number of amides is 1. The normalized spacial score (nSPS) is 17.2. The molecular formula is C15H17NO4. The lowest BCUT2D eigenvalue weighted by atomic mass is 9.91. The average Bonchev–Trinajstić information content (AvgIpc) is 2.43. The molecule has 0 fully saturated rings. The number of carboxylic acid groups (broad SMARTS) is 1. The van der Waals surface area contributed by atoms with Crippen LogP contribution >= 0.6 is 0 Å². The van der Waals surface area contributed by atoms with Gasteiger partial charge in [0.2, 0.25) is 0 Å². The SMILES string of the molecule is C=CCOC(=O)N1Cc2cccc(C(=O)O)c2CC1C. The molecule has 1 heterocycles. The van der Waals surface area contributed by atoms with E-state index in [1.807, 2.05) is 13.0 Å². The maximum atomic E-state index is 11.9. The van der Waals surface area contributed by atoms with E-state index in [-0.39, 0.29) is 12.6 Å². The van der Waals surface area contributed by atoms with Crippen molar-refractivity contribution in [1.29, 1.82) is 0 Å². The molecule has 5 heteroatoms. The molecule has 1 aliphatic rings. The zero-order valence-electron chi connectivity index (χ0n) is 11.3. The Morgan fingerprint density at radius 1 is 1.55 bits per heavy atom.